The van der Waals surface area contributed by atoms with Crippen LogP contribution in [-0.2, 0) is 4.79 Å². The first-order valence-electron chi connectivity index (χ1n) is 6.09. The summed E-state index contributed by atoms with van der Waals surface area (Å²) in [6, 6.07) is 4.99. The van der Waals surface area contributed by atoms with E-state index >= 15 is 0 Å². The number of hydrogen-bond acceptors (Lipinski definition) is 3. The molecule has 106 valence electrons. The van der Waals surface area contributed by atoms with Crippen LogP contribution in [0.5, 0.6) is 0 Å². The number of anilines is 1. The van der Waals surface area contributed by atoms with Crippen molar-refractivity contribution in [2.24, 2.45) is 0 Å². The summed E-state index contributed by atoms with van der Waals surface area (Å²) in [6.07, 6.45) is 0.409. The van der Waals surface area contributed by atoms with Crippen LogP contribution in [0.4, 0.5) is 5.69 Å². The number of nitrogens with one attached hydrogen (secondary N) is 2. The number of nitrogens with zero attached hydrogens (tertiary/aromatic N) is 1. The average molecular weight is 304 g/mol. The van der Waals surface area contributed by atoms with E-state index in [1.807, 2.05) is 14.1 Å². The predicted octanol–water partition coefficient (Wildman–Crippen LogP) is 2.47. The lowest BCUT2D eigenvalue weighted by Gasteiger charge is -2.10. The van der Waals surface area contributed by atoms with Crippen molar-refractivity contribution >= 4 is 34.8 Å². The van der Waals surface area contributed by atoms with Crippen LogP contribution >= 0.6 is 23.2 Å². The minimum absolute atomic E-state index is 0.0680. The molecule has 0 aliphatic rings. The normalized spacial score (nSPS) is 10.8. The maximum atomic E-state index is 11.7. The first kappa shape index (κ1) is 16.2. The molecule has 0 radical (unpaired) electrons. The van der Waals surface area contributed by atoms with Crippen molar-refractivity contribution in [3.05, 3.63) is 28.2 Å². The summed E-state index contributed by atoms with van der Waals surface area (Å²) in [5, 5.41) is 6.95. The zero-order chi connectivity index (χ0) is 14.3. The van der Waals surface area contributed by atoms with Gasteiger partial charge in [0.05, 0.1) is 10.7 Å². The highest BCUT2D eigenvalue weighted by molar-refractivity contribution is 6.36. The molecule has 0 aromatic heterocycles. The molecule has 0 fully saturated rings. The van der Waals surface area contributed by atoms with Gasteiger partial charge in [-0.25, -0.2) is 0 Å². The Morgan fingerprint density at radius 1 is 1.26 bits per heavy atom. The van der Waals surface area contributed by atoms with E-state index in [1.54, 1.807) is 18.2 Å². The summed E-state index contributed by atoms with van der Waals surface area (Å²) in [4.78, 5) is 13.8. The van der Waals surface area contributed by atoms with Crippen LogP contribution in [0.1, 0.15) is 6.42 Å². The zero-order valence-electron chi connectivity index (χ0n) is 11.2. The van der Waals surface area contributed by atoms with E-state index in [0.717, 1.165) is 13.1 Å². The Balaban J connectivity index is 2.27. The zero-order valence-corrected chi connectivity index (χ0v) is 12.7. The van der Waals surface area contributed by atoms with E-state index in [0.29, 0.717) is 28.7 Å². The SMILES string of the molecule is CN(C)CCNCCC(=O)Nc1ccc(Cl)cc1Cl. The summed E-state index contributed by atoms with van der Waals surface area (Å²) < 4.78 is 0. The van der Waals surface area contributed by atoms with Crippen molar-refractivity contribution < 1.29 is 4.79 Å². The van der Waals surface area contributed by atoms with Crippen LogP contribution in [0.25, 0.3) is 0 Å². The highest BCUT2D eigenvalue weighted by Gasteiger charge is 2.06. The topological polar surface area (TPSA) is 44.4 Å². The Kier molecular flexibility index (Phi) is 7.16. The second kappa shape index (κ2) is 8.38. The second-order valence-corrected chi connectivity index (χ2v) is 5.32. The third-order valence-corrected chi connectivity index (χ3v) is 3.02. The lowest BCUT2D eigenvalue weighted by molar-refractivity contribution is -0.116. The first-order valence-corrected chi connectivity index (χ1v) is 6.85. The number of amides is 1. The lowest BCUT2D eigenvalue weighted by Crippen LogP contribution is -2.29. The fraction of sp³-hybridized carbons (Fsp3) is 0.462. The van der Waals surface area contributed by atoms with Crippen LogP contribution in [0, 0.1) is 0 Å². The van der Waals surface area contributed by atoms with Crippen molar-refractivity contribution in [3.8, 4) is 0 Å². The molecule has 6 heteroatoms. The van der Waals surface area contributed by atoms with Crippen molar-refractivity contribution in [1.29, 1.82) is 0 Å². The van der Waals surface area contributed by atoms with Gasteiger partial charge < -0.3 is 15.5 Å². The monoisotopic (exact) mass is 303 g/mol. The number of benzene rings is 1. The van der Waals surface area contributed by atoms with E-state index in [4.69, 9.17) is 23.2 Å². The molecule has 0 spiro atoms. The number of carbonyl (C=O) groups is 1. The number of hydrogen-bond donors (Lipinski definition) is 2. The smallest absolute Gasteiger partial charge is 0.225 e. The van der Waals surface area contributed by atoms with E-state index in [1.165, 1.54) is 0 Å². The highest BCUT2D eigenvalue weighted by Crippen LogP contribution is 2.25. The fourth-order valence-electron chi connectivity index (χ4n) is 1.43. The van der Waals surface area contributed by atoms with Gasteiger partial charge in [0.15, 0.2) is 0 Å². The van der Waals surface area contributed by atoms with E-state index in [9.17, 15) is 4.79 Å². The molecule has 0 heterocycles. The van der Waals surface area contributed by atoms with Gasteiger partial charge in [0, 0.05) is 31.1 Å². The van der Waals surface area contributed by atoms with Crippen LogP contribution < -0.4 is 10.6 Å². The molecule has 0 atom stereocenters. The number of likely N-dealkylation sites (N-methyl/N-ethyl adjacent to an activating group) is 1. The van der Waals surface area contributed by atoms with Crippen molar-refractivity contribution in [2.75, 3.05) is 39.0 Å². The number of carbonyl (C=O) groups excluding carboxylic acids is 1. The van der Waals surface area contributed by atoms with E-state index in [-0.39, 0.29) is 5.91 Å². The molecule has 0 saturated carbocycles. The fourth-order valence-corrected chi connectivity index (χ4v) is 1.89. The van der Waals surface area contributed by atoms with Crippen LogP contribution in [0.3, 0.4) is 0 Å². The minimum atomic E-state index is -0.0680. The summed E-state index contributed by atoms with van der Waals surface area (Å²) in [5.41, 5.74) is 0.587. The third-order valence-electron chi connectivity index (χ3n) is 2.47. The van der Waals surface area contributed by atoms with E-state index < -0.39 is 0 Å². The molecule has 1 amide bonds. The van der Waals surface area contributed by atoms with Gasteiger partial charge >= 0.3 is 0 Å². The van der Waals surface area contributed by atoms with Gasteiger partial charge in [0.25, 0.3) is 0 Å². The highest BCUT2D eigenvalue weighted by atomic mass is 35.5. The van der Waals surface area contributed by atoms with Gasteiger partial charge in [-0.1, -0.05) is 23.2 Å². The maximum Gasteiger partial charge on any atom is 0.225 e. The molecule has 4 nitrogen and oxygen atoms in total. The van der Waals surface area contributed by atoms with Crippen molar-refractivity contribution in [3.63, 3.8) is 0 Å². The molecule has 2 N–H and O–H groups in total. The summed E-state index contributed by atoms with van der Waals surface area (Å²) in [7, 11) is 4.02. The Hall–Kier alpha value is -0.810. The Bertz CT molecular complexity index is 424. The average Bonchev–Trinajstić information content (AvgIpc) is 2.32. The summed E-state index contributed by atoms with van der Waals surface area (Å²) >= 11 is 11.8. The molecular formula is C13H19Cl2N3O. The summed E-state index contributed by atoms with van der Waals surface area (Å²) in [6.45, 7) is 2.46. The van der Waals surface area contributed by atoms with Crippen LogP contribution in [0.2, 0.25) is 10.0 Å². The molecule has 1 aromatic carbocycles. The molecule has 0 bridgehead atoms. The first-order chi connectivity index (χ1) is 8.99. The quantitative estimate of drug-likeness (QED) is 0.761. The molecule has 0 unspecified atom stereocenters. The molecular weight excluding hydrogens is 285 g/mol. The third kappa shape index (κ3) is 6.78. The Morgan fingerprint density at radius 3 is 2.63 bits per heavy atom. The van der Waals surface area contributed by atoms with Crippen molar-refractivity contribution in [2.45, 2.75) is 6.42 Å². The molecule has 1 rings (SSSR count). The van der Waals surface area contributed by atoms with Crippen LogP contribution in [-0.4, -0.2) is 44.5 Å². The molecule has 0 aliphatic carbocycles. The minimum Gasteiger partial charge on any atom is -0.325 e. The number of rotatable bonds is 7. The largest absolute Gasteiger partial charge is 0.325 e. The lowest BCUT2D eigenvalue weighted by atomic mass is 10.3. The molecule has 1 aromatic rings. The molecule has 0 aliphatic heterocycles. The second-order valence-electron chi connectivity index (χ2n) is 4.48. The van der Waals surface area contributed by atoms with Gasteiger partial charge in [0.1, 0.15) is 0 Å². The van der Waals surface area contributed by atoms with E-state index in [2.05, 4.69) is 15.5 Å². The number of halogens is 2. The van der Waals surface area contributed by atoms with Gasteiger partial charge in [0.2, 0.25) is 5.91 Å². The predicted molar refractivity (Wildman–Crippen MR) is 81.1 cm³/mol. The maximum absolute atomic E-state index is 11.7. The van der Waals surface area contributed by atoms with Crippen molar-refractivity contribution in [1.82, 2.24) is 10.2 Å². The van der Waals surface area contributed by atoms with Gasteiger partial charge in [-0.05, 0) is 32.3 Å². The Labute approximate surface area is 124 Å². The van der Waals surface area contributed by atoms with Crippen LogP contribution in [0.15, 0.2) is 18.2 Å². The van der Waals surface area contributed by atoms with Gasteiger partial charge in [-0.3, -0.25) is 4.79 Å². The summed E-state index contributed by atoms with van der Waals surface area (Å²) in [5.74, 6) is -0.0680. The van der Waals surface area contributed by atoms with Gasteiger partial charge in [-0.2, -0.15) is 0 Å². The van der Waals surface area contributed by atoms with Gasteiger partial charge in [-0.15, -0.1) is 0 Å². The molecule has 19 heavy (non-hydrogen) atoms. The Morgan fingerprint density at radius 2 is 2.00 bits per heavy atom. The molecule has 0 saturated heterocycles. The standard InChI is InChI=1S/C13H19Cl2N3O/c1-18(2)8-7-16-6-5-13(19)17-12-4-3-10(14)9-11(12)15/h3-4,9,16H,5-8H2,1-2H3,(H,17,19).